The number of benzene rings is 1. The van der Waals surface area contributed by atoms with Crippen molar-refractivity contribution >= 4 is 17.8 Å². The summed E-state index contributed by atoms with van der Waals surface area (Å²) >= 11 is 0. The van der Waals surface area contributed by atoms with Crippen LogP contribution in [-0.4, -0.2) is 76.8 Å². The van der Waals surface area contributed by atoms with Gasteiger partial charge in [-0.2, -0.15) is 0 Å². The Morgan fingerprint density at radius 2 is 2.00 bits per heavy atom. The molecule has 0 aliphatic carbocycles. The number of amides is 1. The summed E-state index contributed by atoms with van der Waals surface area (Å²) in [5.41, 5.74) is 0.637. The molecular formula is C20H29N4O5+. The minimum atomic E-state index is -1.08. The van der Waals surface area contributed by atoms with Gasteiger partial charge >= 0.3 is 5.97 Å². The molecular weight excluding hydrogens is 376 g/mol. The summed E-state index contributed by atoms with van der Waals surface area (Å²) in [7, 11) is 5.24. The first-order valence-corrected chi connectivity index (χ1v) is 9.82. The van der Waals surface area contributed by atoms with E-state index < -0.39 is 23.8 Å². The number of ether oxygens (including phenoxy) is 3. The van der Waals surface area contributed by atoms with Crippen LogP contribution in [0.4, 0.5) is 0 Å². The highest BCUT2D eigenvalue weighted by Gasteiger charge is 2.43. The topological polar surface area (TPSA) is 93.9 Å². The summed E-state index contributed by atoms with van der Waals surface area (Å²) in [6.07, 6.45) is 0. The van der Waals surface area contributed by atoms with Crippen molar-refractivity contribution in [2.24, 2.45) is 10.9 Å². The highest BCUT2D eigenvalue weighted by Crippen LogP contribution is 2.38. The molecule has 0 aromatic heterocycles. The van der Waals surface area contributed by atoms with Gasteiger partial charge in [-0.25, -0.2) is 4.99 Å². The van der Waals surface area contributed by atoms with E-state index in [-0.39, 0.29) is 6.61 Å². The molecule has 2 N–H and O–H groups in total. The van der Waals surface area contributed by atoms with Crippen LogP contribution in [0.3, 0.4) is 0 Å². The van der Waals surface area contributed by atoms with Gasteiger partial charge in [0.2, 0.25) is 11.9 Å². The van der Waals surface area contributed by atoms with Gasteiger partial charge in [-0.3, -0.25) is 14.9 Å². The molecule has 0 saturated carbocycles. The molecule has 1 fully saturated rings. The normalized spacial score (nSPS) is 22.6. The van der Waals surface area contributed by atoms with Gasteiger partial charge in [0, 0.05) is 11.6 Å². The predicted molar refractivity (Wildman–Crippen MR) is 106 cm³/mol. The van der Waals surface area contributed by atoms with E-state index in [4.69, 9.17) is 19.2 Å². The molecule has 0 spiro atoms. The van der Waals surface area contributed by atoms with Crippen molar-refractivity contribution in [3.05, 3.63) is 23.8 Å². The number of likely N-dealkylation sites (N-methyl/N-ethyl adjacent to an activating group) is 1. The van der Waals surface area contributed by atoms with Gasteiger partial charge in [0.05, 0.1) is 54.1 Å². The summed E-state index contributed by atoms with van der Waals surface area (Å²) < 4.78 is 15.9. The van der Waals surface area contributed by atoms with Crippen molar-refractivity contribution in [3.8, 4) is 11.5 Å². The van der Waals surface area contributed by atoms with Crippen molar-refractivity contribution in [1.29, 1.82) is 0 Å². The standard InChI is InChI=1S/C20H28N4O5/c1-5-29-19(26)16-17(14-7-6-13(27-3)12-15(14)28-4)21-20(22-18(16)25)24-10-8-23(2)9-11-24/h6-7,12,16-17H,5,8-11H2,1-4H3,(H,21,22,25)/p+1. The highest BCUT2D eigenvalue weighted by molar-refractivity contribution is 6.08. The van der Waals surface area contributed by atoms with E-state index in [2.05, 4.69) is 17.3 Å². The van der Waals surface area contributed by atoms with Crippen LogP contribution in [-0.2, 0) is 14.3 Å². The molecule has 2 unspecified atom stereocenters. The van der Waals surface area contributed by atoms with Gasteiger partial charge in [0.25, 0.3) is 0 Å². The van der Waals surface area contributed by atoms with Crippen LogP contribution in [0.1, 0.15) is 18.5 Å². The lowest BCUT2D eigenvalue weighted by molar-refractivity contribution is -0.883. The van der Waals surface area contributed by atoms with E-state index in [1.807, 2.05) is 0 Å². The van der Waals surface area contributed by atoms with Crippen molar-refractivity contribution in [3.63, 3.8) is 0 Å². The molecule has 29 heavy (non-hydrogen) atoms. The van der Waals surface area contributed by atoms with Gasteiger partial charge < -0.3 is 24.0 Å². The number of piperazine rings is 1. The molecule has 1 aromatic carbocycles. The number of methoxy groups -OCH3 is 2. The first-order valence-electron chi connectivity index (χ1n) is 9.82. The number of carbonyl (C=O) groups excluding carboxylic acids is 2. The van der Waals surface area contributed by atoms with Crippen molar-refractivity contribution in [2.75, 3.05) is 54.1 Å². The fourth-order valence-corrected chi connectivity index (χ4v) is 3.61. The van der Waals surface area contributed by atoms with Gasteiger partial charge in [-0.1, -0.05) is 0 Å². The van der Waals surface area contributed by atoms with E-state index in [0.717, 1.165) is 26.2 Å². The molecule has 0 bridgehead atoms. The Bertz CT molecular complexity index is 789. The van der Waals surface area contributed by atoms with Crippen LogP contribution in [0, 0.1) is 5.92 Å². The monoisotopic (exact) mass is 405 g/mol. The Morgan fingerprint density at radius 1 is 1.28 bits per heavy atom. The molecule has 3 rings (SSSR count). The summed E-state index contributed by atoms with van der Waals surface area (Å²) in [5, 5.41) is 2.81. The highest BCUT2D eigenvalue weighted by atomic mass is 16.5. The second kappa shape index (κ2) is 9.13. The van der Waals surface area contributed by atoms with Crippen molar-refractivity contribution in [2.45, 2.75) is 13.0 Å². The van der Waals surface area contributed by atoms with Crippen LogP contribution in [0.5, 0.6) is 11.5 Å². The maximum absolute atomic E-state index is 12.9. The molecule has 1 amide bonds. The second-order valence-corrected chi connectivity index (χ2v) is 7.17. The third kappa shape index (κ3) is 4.45. The lowest BCUT2D eigenvalue weighted by atomic mass is 9.90. The van der Waals surface area contributed by atoms with E-state index in [1.54, 1.807) is 32.2 Å². The minimum absolute atomic E-state index is 0.187. The smallest absolute Gasteiger partial charge is 0.321 e. The first kappa shape index (κ1) is 20.9. The Hall–Kier alpha value is -2.81. The number of hydrogen-bond donors (Lipinski definition) is 2. The summed E-state index contributed by atoms with van der Waals surface area (Å²) in [6.45, 7) is 5.36. The number of guanidine groups is 1. The Morgan fingerprint density at radius 3 is 2.62 bits per heavy atom. The van der Waals surface area contributed by atoms with Crippen LogP contribution < -0.4 is 19.7 Å². The van der Waals surface area contributed by atoms with Gasteiger partial charge in [0.1, 0.15) is 17.5 Å². The maximum Gasteiger partial charge on any atom is 0.321 e. The third-order valence-electron chi connectivity index (χ3n) is 5.31. The average Bonchev–Trinajstić information content (AvgIpc) is 2.73. The van der Waals surface area contributed by atoms with E-state index >= 15 is 0 Å². The number of nitrogens with zero attached hydrogens (tertiary/aromatic N) is 2. The van der Waals surface area contributed by atoms with Crippen LogP contribution in [0.2, 0.25) is 0 Å². The molecule has 2 aliphatic rings. The molecule has 1 aromatic rings. The largest absolute Gasteiger partial charge is 0.497 e. The predicted octanol–water partition coefficient (Wildman–Crippen LogP) is -0.760. The third-order valence-corrected chi connectivity index (χ3v) is 5.31. The fraction of sp³-hybridized carbons (Fsp3) is 0.550. The number of esters is 1. The number of rotatable bonds is 5. The van der Waals surface area contributed by atoms with E-state index in [0.29, 0.717) is 23.0 Å². The summed E-state index contributed by atoms with van der Waals surface area (Å²) in [6, 6.07) is 4.52. The Kier molecular flexibility index (Phi) is 6.58. The van der Waals surface area contributed by atoms with Crippen LogP contribution >= 0.6 is 0 Å². The molecule has 1 saturated heterocycles. The number of quaternary nitrogens is 1. The molecule has 0 radical (unpaired) electrons. The van der Waals surface area contributed by atoms with Gasteiger partial charge in [0.15, 0.2) is 5.92 Å². The second-order valence-electron chi connectivity index (χ2n) is 7.17. The quantitative estimate of drug-likeness (QED) is 0.494. The lowest BCUT2D eigenvalue weighted by Crippen LogP contribution is -3.12. The molecule has 9 nitrogen and oxygen atoms in total. The average molecular weight is 405 g/mol. The zero-order valence-electron chi connectivity index (χ0n) is 17.4. The first-order chi connectivity index (χ1) is 14.0. The van der Waals surface area contributed by atoms with Gasteiger partial charge in [-0.15, -0.1) is 0 Å². The Labute approximate surface area is 170 Å². The number of hydrogen-bond acceptors (Lipinski definition) is 7. The van der Waals surface area contributed by atoms with E-state index in [1.165, 1.54) is 12.0 Å². The lowest BCUT2D eigenvalue weighted by Gasteiger charge is -2.36. The molecule has 2 aliphatic heterocycles. The molecule has 2 heterocycles. The van der Waals surface area contributed by atoms with Crippen LogP contribution in [0.25, 0.3) is 0 Å². The molecule has 158 valence electrons. The summed E-state index contributed by atoms with van der Waals surface area (Å²) in [4.78, 5) is 33.8. The number of aliphatic imine (C=N–C) groups is 1. The SMILES string of the molecule is CCOC(=O)C1C(=O)NC(N2CC[NH+](C)CC2)=NC1c1ccc(OC)cc1OC. The minimum Gasteiger partial charge on any atom is -0.497 e. The number of nitrogens with one attached hydrogen (secondary N) is 2. The molecule has 2 atom stereocenters. The Balaban J connectivity index is 2.02. The summed E-state index contributed by atoms with van der Waals surface area (Å²) in [5.74, 6) is -0.486. The zero-order valence-corrected chi connectivity index (χ0v) is 17.4. The maximum atomic E-state index is 12.9. The fourth-order valence-electron chi connectivity index (χ4n) is 3.61. The number of carbonyl (C=O) groups is 2. The van der Waals surface area contributed by atoms with E-state index in [9.17, 15) is 9.59 Å². The van der Waals surface area contributed by atoms with Crippen molar-refractivity contribution in [1.82, 2.24) is 10.2 Å². The zero-order chi connectivity index (χ0) is 21.0. The van der Waals surface area contributed by atoms with Crippen LogP contribution in [0.15, 0.2) is 23.2 Å². The molecule has 9 heteroatoms. The van der Waals surface area contributed by atoms with Gasteiger partial charge in [-0.05, 0) is 19.1 Å². The van der Waals surface area contributed by atoms with Crippen molar-refractivity contribution < 1.29 is 28.7 Å².